The van der Waals surface area contributed by atoms with Crippen molar-refractivity contribution in [3.63, 3.8) is 0 Å². The molecular weight excluding hydrogens is 279 g/mol. The van der Waals surface area contributed by atoms with E-state index in [1.807, 2.05) is 0 Å². The van der Waals surface area contributed by atoms with E-state index in [2.05, 4.69) is 11.4 Å². The molecule has 0 aromatic heterocycles. The molecule has 18 heavy (non-hydrogen) atoms. The topological polar surface area (TPSA) is 101 Å². The summed E-state index contributed by atoms with van der Waals surface area (Å²) in [5, 5.41) is 0. The van der Waals surface area contributed by atoms with Crippen LogP contribution in [0, 0.1) is 0 Å². The Kier molecular flexibility index (Phi) is 9.07. The Morgan fingerprint density at radius 3 is 2.06 bits per heavy atom. The summed E-state index contributed by atoms with van der Waals surface area (Å²) in [6.45, 7) is 2.18. The summed E-state index contributed by atoms with van der Waals surface area (Å²) in [7, 11) is -8.70. The Morgan fingerprint density at radius 1 is 1.06 bits per heavy atom. The lowest BCUT2D eigenvalue weighted by atomic mass is 10.1. The first kappa shape index (κ1) is 18.1. The molecule has 0 spiro atoms. The minimum Gasteiger partial charge on any atom is -0.324 e. The zero-order valence-electron chi connectivity index (χ0n) is 10.7. The molecule has 0 aliphatic rings. The third-order valence-electron chi connectivity index (χ3n) is 2.37. The van der Waals surface area contributed by atoms with Crippen molar-refractivity contribution >= 4 is 17.7 Å². The van der Waals surface area contributed by atoms with Crippen LogP contribution in [0.25, 0.3) is 0 Å². The van der Waals surface area contributed by atoms with Gasteiger partial charge in [0.2, 0.25) is 0 Å². The fourth-order valence-electron chi connectivity index (χ4n) is 1.51. The van der Waals surface area contributed by atoms with Gasteiger partial charge in [0.05, 0.1) is 6.61 Å². The molecule has 0 aromatic rings. The lowest BCUT2D eigenvalue weighted by molar-refractivity contribution is 0.255. The monoisotopic (exact) mass is 302 g/mol. The fourth-order valence-corrected chi connectivity index (χ4v) is 3.87. The van der Waals surface area contributed by atoms with E-state index in [0.717, 1.165) is 19.3 Å². The lowest BCUT2D eigenvalue weighted by Crippen LogP contribution is -2.07. The molecule has 0 aliphatic carbocycles. The minimum absolute atomic E-state index is 0.0388. The Morgan fingerprint density at radius 2 is 1.56 bits per heavy atom. The predicted octanol–water partition coefficient (Wildman–Crippen LogP) is 2.78. The van der Waals surface area contributed by atoms with Crippen LogP contribution in [0.4, 0.5) is 0 Å². The smallest absolute Gasteiger partial charge is 0.324 e. The van der Waals surface area contributed by atoms with Crippen LogP contribution in [0.3, 0.4) is 0 Å². The highest BCUT2D eigenvalue weighted by Crippen LogP contribution is 2.42. The minimum atomic E-state index is -4.48. The first-order valence-electron chi connectivity index (χ1n) is 6.18. The number of unbranched alkanes of at least 4 members (excludes halogenated alkanes) is 6. The van der Waals surface area contributed by atoms with Gasteiger partial charge in [0, 0.05) is 0 Å². The third-order valence-corrected chi connectivity index (χ3v) is 5.56. The molecule has 0 bridgehead atoms. The molecule has 0 heterocycles. The summed E-state index contributed by atoms with van der Waals surface area (Å²) in [5.41, 5.74) is -1.24. The summed E-state index contributed by atoms with van der Waals surface area (Å²) in [6, 6.07) is 0. The molecule has 110 valence electrons. The third kappa shape index (κ3) is 12.5. The van der Waals surface area contributed by atoms with Gasteiger partial charge in [-0.25, -0.2) is 0 Å². The van der Waals surface area contributed by atoms with Crippen LogP contribution >= 0.6 is 7.60 Å². The quantitative estimate of drug-likeness (QED) is 0.346. The lowest BCUT2D eigenvalue weighted by Gasteiger charge is -2.10. The zero-order chi connectivity index (χ0) is 14.1. The maximum Gasteiger partial charge on any atom is 0.345 e. The van der Waals surface area contributed by atoms with E-state index >= 15 is 0 Å². The second-order valence-corrected chi connectivity index (χ2v) is 8.03. The molecule has 8 heteroatoms. The van der Waals surface area contributed by atoms with Gasteiger partial charge in [-0.3, -0.25) is 9.12 Å². The van der Waals surface area contributed by atoms with E-state index < -0.39 is 23.2 Å². The van der Waals surface area contributed by atoms with Crippen molar-refractivity contribution in [2.45, 2.75) is 51.9 Å². The molecular formula is C10H23O6PS. The van der Waals surface area contributed by atoms with Crippen LogP contribution in [0.1, 0.15) is 51.9 Å². The largest absolute Gasteiger partial charge is 0.345 e. The van der Waals surface area contributed by atoms with Gasteiger partial charge in [-0.15, -0.1) is 0 Å². The summed E-state index contributed by atoms with van der Waals surface area (Å²) >= 11 is 0. The molecule has 1 atom stereocenters. The van der Waals surface area contributed by atoms with Gasteiger partial charge in [0.25, 0.3) is 10.1 Å². The summed E-state index contributed by atoms with van der Waals surface area (Å²) in [6.07, 6.45) is 7.27. The molecule has 0 saturated heterocycles. The number of hydrogen-bond acceptors (Lipinski definition) is 4. The van der Waals surface area contributed by atoms with E-state index in [0.29, 0.717) is 6.42 Å². The molecule has 0 amide bonds. The molecule has 1 unspecified atom stereocenters. The first-order valence-corrected chi connectivity index (χ1v) is 9.55. The Balaban J connectivity index is 3.57. The molecule has 6 nitrogen and oxygen atoms in total. The second kappa shape index (κ2) is 9.04. The number of hydrogen-bond donors (Lipinski definition) is 2. The summed E-state index contributed by atoms with van der Waals surface area (Å²) < 4.78 is 45.1. The van der Waals surface area contributed by atoms with Gasteiger partial charge in [-0.05, 0) is 6.42 Å². The molecule has 0 fully saturated rings. The first-order chi connectivity index (χ1) is 8.27. The normalized spacial score (nSPS) is 15.5. The van der Waals surface area contributed by atoms with E-state index in [-0.39, 0.29) is 6.61 Å². The van der Waals surface area contributed by atoms with Crippen LogP contribution in [-0.4, -0.2) is 30.0 Å². The van der Waals surface area contributed by atoms with Gasteiger partial charge in [0.15, 0.2) is 5.49 Å². The predicted molar refractivity (Wildman–Crippen MR) is 70.2 cm³/mol. The van der Waals surface area contributed by atoms with Crippen molar-refractivity contribution in [3.8, 4) is 0 Å². The Hall–Kier alpha value is 0.0600. The standard InChI is InChI=1S/C10H23O6PS/c1-2-3-4-5-6-7-8-9-16-17(11,12)10-18(13,14)15/h2-10H2,1H3,(H,11,12)(H,13,14,15). The van der Waals surface area contributed by atoms with Gasteiger partial charge >= 0.3 is 7.60 Å². The van der Waals surface area contributed by atoms with Crippen molar-refractivity contribution in [2.24, 2.45) is 0 Å². The van der Waals surface area contributed by atoms with Crippen LogP contribution in [0.5, 0.6) is 0 Å². The van der Waals surface area contributed by atoms with Crippen LogP contribution < -0.4 is 0 Å². The van der Waals surface area contributed by atoms with Crippen molar-refractivity contribution < 1.29 is 27.0 Å². The molecule has 0 aromatic carbocycles. The average molecular weight is 302 g/mol. The maximum absolute atomic E-state index is 11.2. The second-order valence-electron chi connectivity index (χ2n) is 4.30. The average Bonchev–Trinajstić information content (AvgIpc) is 2.18. The van der Waals surface area contributed by atoms with Crippen molar-refractivity contribution in [3.05, 3.63) is 0 Å². The maximum atomic E-state index is 11.2. The fraction of sp³-hybridized carbons (Fsp3) is 1.00. The number of rotatable bonds is 11. The van der Waals surface area contributed by atoms with E-state index in [1.165, 1.54) is 19.3 Å². The molecule has 2 N–H and O–H groups in total. The van der Waals surface area contributed by atoms with Crippen molar-refractivity contribution in [1.82, 2.24) is 0 Å². The highest BCUT2D eigenvalue weighted by atomic mass is 32.2. The Labute approximate surface area is 109 Å². The van der Waals surface area contributed by atoms with Gasteiger partial charge in [-0.2, -0.15) is 8.42 Å². The SMILES string of the molecule is CCCCCCCCCOP(=O)(O)CS(=O)(=O)O. The summed E-state index contributed by atoms with van der Waals surface area (Å²) in [4.78, 5) is 9.12. The summed E-state index contributed by atoms with van der Waals surface area (Å²) in [5.74, 6) is 0. The molecule has 0 radical (unpaired) electrons. The van der Waals surface area contributed by atoms with E-state index in [4.69, 9.17) is 9.45 Å². The van der Waals surface area contributed by atoms with E-state index in [9.17, 15) is 13.0 Å². The van der Waals surface area contributed by atoms with Crippen LogP contribution in [-0.2, 0) is 19.2 Å². The molecule has 0 saturated carbocycles. The van der Waals surface area contributed by atoms with Gasteiger partial charge in [-0.1, -0.05) is 45.4 Å². The van der Waals surface area contributed by atoms with Crippen LogP contribution in [0.15, 0.2) is 0 Å². The van der Waals surface area contributed by atoms with Gasteiger partial charge in [0.1, 0.15) is 0 Å². The highest BCUT2D eigenvalue weighted by Gasteiger charge is 2.26. The highest BCUT2D eigenvalue weighted by molar-refractivity contribution is 7.92. The van der Waals surface area contributed by atoms with E-state index in [1.54, 1.807) is 0 Å². The van der Waals surface area contributed by atoms with Gasteiger partial charge < -0.3 is 9.42 Å². The Bertz CT molecular complexity index is 353. The molecule has 0 rings (SSSR count). The molecule has 0 aliphatic heterocycles. The van der Waals surface area contributed by atoms with Crippen molar-refractivity contribution in [1.29, 1.82) is 0 Å². The van der Waals surface area contributed by atoms with Crippen LogP contribution in [0.2, 0.25) is 0 Å². The van der Waals surface area contributed by atoms with Crippen molar-refractivity contribution in [2.75, 3.05) is 12.1 Å². The zero-order valence-corrected chi connectivity index (χ0v) is 12.5.